The van der Waals surface area contributed by atoms with Gasteiger partial charge in [0.2, 0.25) is 0 Å². The van der Waals surface area contributed by atoms with Crippen molar-refractivity contribution < 1.29 is 0 Å². The molecule has 0 saturated heterocycles. The highest BCUT2D eigenvalue weighted by Gasteiger charge is 1.87. The van der Waals surface area contributed by atoms with E-state index in [1.54, 1.807) is 12.5 Å². The number of hydrogen-bond donors (Lipinski definition) is 0. The lowest BCUT2D eigenvalue weighted by atomic mass is 10.3. The predicted molar refractivity (Wildman–Crippen MR) is 227 cm³/mol. The Morgan fingerprint density at radius 2 is 0.750 bits per heavy atom. The van der Waals surface area contributed by atoms with Crippen LogP contribution in [-0.2, 0) is 0 Å². The van der Waals surface area contributed by atoms with Crippen molar-refractivity contribution in [3.05, 3.63) is 184 Å². The van der Waals surface area contributed by atoms with Crippen LogP contribution in [0, 0.1) is 96.9 Å². The lowest BCUT2D eigenvalue weighted by Gasteiger charge is -1.90. The average Bonchev–Trinajstić information content (AvgIpc) is 3.13. The van der Waals surface area contributed by atoms with Gasteiger partial charge in [0.25, 0.3) is 0 Å². The Morgan fingerprint density at radius 3 is 1.04 bits per heavy atom. The molecule has 0 radical (unpaired) electrons. The Labute approximate surface area is 334 Å². The normalized spacial score (nSPS) is 9.25. The quantitative estimate of drug-likeness (QED) is 0.146. The van der Waals surface area contributed by atoms with Crippen molar-refractivity contribution in [2.24, 2.45) is 0 Å². The molecule has 7 aromatic rings. The lowest BCUT2D eigenvalue weighted by Crippen LogP contribution is -1.86. The summed E-state index contributed by atoms with van der Waals surface area (Å²) in [5.41, 5.74) is 12.1. The summed E-state index contributed by atoms with van der Waals surface area (Å²) in [7, 11) is 0. The summed E-state index contributed by atoms with van der Waals surface area (Å²) in [5.74, 6) is 2.50. The zero-order valence-electron chi connectivity index (χ0n) is 35.7. The minimum absolute atomic E-state index is 0.829. The van der Waals surface area contributed by atoms with Crippen LogP contribution in [-0.4, -0.2) is 54.8 Å². The maximum atomic E-state index is 4.17. The second kappa shape index (κ2) is 27.4. The zero-order valence-corrected chi connectivity index (χ0v) is 35.7. The summed E-state index contributed by atoms with van der Waals surface area (Å²) in [6.07, 6.45) is 14.3. The molecule has 0 fully saturated rings. The van der Waals surface area contributed by atoms with Gasteiger partial charge in [0.05, 0.1) is 0 Å². The van der Waals surface area contributed by atoms with Crippen LogP contribution in [0.15, 0.2) is 104 Å². The maximum Gasteiger partial charge on any atom is 0.125 e. The highest BCUT2D eigenvalue weighted by Crippen LogP contribution is 1.97. The molecule has 11 nitrogen and oxygen atoms in total. The second-order valence-electron chi connectivity index (χ2n) is 13.0. The Balaban J connectivity index is 0.000000327. The third kappa shape index (κ3) is 25.7. The SMILES string of the molecule is Cc1cc(C)ncn1.Cc1ccc(C)nc1.Cc1cccc(C)n1.Cc1ccnc(C)c1.Cc1ccnc(C)n1.Cc1cnc(C)nc1.Cc1cnc(C)nc1. The molecule has 0 spiro atoms. The molecule has 294 valence electrons. The van der Waals surface area contributed by atoms with Crippen LogP contribution in [0.3, 0.4) is 0 Å². The topological polar surface area (TPSA) is 142 Å². The smallest absolute Gasteiger partial charge is 0.125 e. The first-order chi connectivity index (χ1) is 26.5. The summed E-state index contributed by atoms with van der Waals surface area (Å²) in [4.78, 5) is 44.0. The Kier molecular flexibility index (Phi) is 23.4. The van der Waals surface area contributed by atoms with E-state index >= 15 is 0 Å². The van der Waals surface area contributed by atoms with Crippen molar-refractivity contribution in [1.82, 2.24) is 54.8 Å². The summed E-state index contributed by atoms with van der Waals surface area (Å²) >= 11 is 0. The molecular formula is C45H59N11. The van der Waals surface area contributed by atoms with Gasteiger partial charge in [0, 0.05) is 83.2 Å². The summed E-state index contributed by atoms with van der Waals surface area (Å²) in [6.45, 7) is 27.5. The van der Waals surface area contributed by atoms with Gasteiger partial charge in [-0.2, -0.15) is 0 Å². The van der Waals surface area contributed by atoms with Crippen molar-refractivity contribution in [2.75, 3.05) is 0 Å². The highest BCUT2D eigenvalue weighted by atomic mass is 14.9. The fourth-order valence-corrected chi connectivity index (χ4v) is 3.98. The first kappa shape index (κ1) is 47.8. The van der Waals surface area contributed by atoms with Gasteiger partial charge in [-0.25, -0.2) is 39.9 Å². The Morgan fingerprint density at radius 1 is 0.286 bits per heavy atom. The fourth-order valence-electron chi connectivity index (χ4n) is 3.98. The van der Waals surface area contributed by atoms with Gasteiger partial charge in [-0.3, -0.25) is 15.0 Å². The van der Waals surface area contributed by atoms with E-state index in [2.05, 4.69) is 73.9 Å². The summed E-state index contributed by atoms with van der Waals surface area (Å²) < 4.78 is 0. The number of hydrogen-bond acceptors (Lipinski definition) is 11. The van der Waals surface area contributed by atoms with Gasteiger partial charge >= 0.3 is 0 Å². The van der Waals surface area contributed by atoms with Gasteiger partial charge in [-0.1, -0.05) is 12.1 Å². The van der Waals surface area contributed by atoms with E-state index in [1.807, 2.05) is 170 Å². The van der Waals surface area contributed by atoms with E-state index in [0.29, 0.717) is 0 Å². The molecule has 56 heavy (non-hydrogen) atoms. The molecule has 11 heteroatoms. The van der Waals surface area contributed by atoms with Crippen LogP contribution >= 0.6 is 0 Å². The van der Waals surface area contributed by atoms with Crippen molar-refractivity contribution >= 4 is 0 Å². The molecule has 7 heterocycles. The first-order valence-electron chi connectivity index (χ1n) is 18.2. The first-order valence-corrected chi connectivity index (χ1v) is 18.2. The molecule has 0 saturated carbocycles. The summed E-state index contributed by atoms with van der Waals surface area (Å²) in [5, 5.41) is 0. The van der Waals surface area contributed by atoms with Gasteiger partial charge in [-0.15, -0.1) is 0 Å². The predicted octanol–water partition coefficient (Wildman–Crippen LogP) is 9.47. The van der Waals surface area contributed by atoms with E-state index in [0.717, 1.165) is 68.5 Å². The Hall–Kier alpha value is -6.23. The largest absolute Gasteiger partial charge is 0.262 e. The second-order valence-corrected chi connectivity index (χ2v) is 13.0. The molecular weight excluding hydrogens is 695 g/mol. The molecule has 7 aromatic heterocycles. The highest BCUT2D eigenvalue weighted by molar-refractivity contribution is 5.13. The van der Waals surface area contributed by atoms with Crippen molar-refractivity contribution in [2.45, 2.75) is 96.9 Å². The molecule has 0 N–H and O–H groups in total. The van der Waals surface area contributed by atoms with Crippen LogP contribution in [0.25, 0.3) is 0 Å². The molecule has 0 unspecified atom stereocenters. The molecule has 0 bridgehead atoms. The third-order valence-corrected chi connectivity index (χ3v) is 6.81. The van der Waals surface area contributed by atoms with E-state index in [9.17, 15) is 0 Å². The van der Waals surface area contributed by atoms with Crippen LogP contribution in [0.4, 0.5) is 0 Å². The van der Waals surface area contributed by atoms with Crippen molar-refractivity contribution in [3.8, 4) is 0 Å². The molecule has 0 aliphatic carbocycles. The summed E-state index contributed by atoms with van der Waals surface area (Å²) in [6, 6.07) is 17.9. The minimum Gasteiger partial charge on any atom is -0.262 e. The minimum atomic E-state index is 0.829. The van der Waals surface area contributed by atoms with Crippen LogP contribution in [0.2, 0.25) is 0 Å². The lowest BCUT2D eigenvalue weighted by molar-refractivity contribution is 1.01. The molecule has 7 rings (SSSR count). The van der Waals surface area contributed by atoms with Gasteiger partial charge in [0.15, 0.2) is 0 Å². The maximum absolute atomic E-state index is 4.17. The van der Waals surface area contributed by atoms with E-state index in [-0.39, 0.29) is 0 Å². The Bertz CT molecular complexity index is 1670. The molecule has 0 aliphatic heterocycles. The molecule has 0 atom stereocenters. The molecule has 0 aromatic carbocycles. The molecule has 0 amide bonds. The van der Waals surface area contributed by atoms with Gasteiger partial charge in [0.1, 0.15) is 23.8 Å². The van der Waals surface area contributed by atoms with E-state index in [1.165, 1.54) is 11.1 Å². The fraction of sp³-hybridized carbons (Fsp3) is 0.311. The number of nitrogens with zero attached hydrogens (tertiary/aromatic N) is 11. The van der Waals surface area contributed by atoms with Gasteiger partial charge < -0.3 is 0 Å². The molecule has 0 aliphatic rings. The number of pyridine rings is 3. The standard InChI is InChI=1S/3C7H9N.4C6H8N2/c1-6-3-4-8-7(2)5-6;1-6-3-4-7(2)8-5-6;1-6-4-3-5-7(2)8-6;1-5-3-6(2)8-4-7-5;2*1-5-3-7-6(2)8-4-5;1-5-3-4-7-6(2)8-5/h3*3-5H,1-2H3;4*3-4H,1-2H3. The van der Waals surface area contributed by atoms with Crippen LogP contribution in [0.1, 0.15) is 79.6 Å². The number of rotatable bonds is 0. The average molecular weight is 754 g/mol. The monoisotopic (exact) mass is 753 g/mol. The number of aromatic nitrogens is 11. The third-order valence-electron chi connectivity index (χ3n) is 6.81. The van der Waals surface area contributed by atoms with Crippen LogP contribution in [0.5, 0.6) is 0 Å². The van der Waals surface area contributed by atoms with Gasteiger partial charge in [-0.05, 0) is 162 Å². The van der Waals surface area contributed by atoms with E-state index < -0.39 is 0 Å². The zero-order chi connectivity index (χ0) is 41.9. The van der Waals surface area contributed by atoms with Crippen molar-refractivity contribution in [1.29, 1.82) is 0 Å². The van der Waals surface area contributed by atoms with Crippen LogP contribution < -0.4 is 0 Å². The number of aryl methyl sites for hydroxylation is 14. The van der Waals surface area contributed by atoms with Crippen molar-refractivity contribution in [3.63, 3.8) is 0 Å². The van der Waals surface area contributed by atoms with E-state index in [4.69, 9.17) is 0 Å².